The van der Waals surface area contributed by atoms with Crippen LogP contribution in [0.25, 0.3) is 0 Å². The van der Waals surface area contributed by atoms with Gasteiger partial charge in [0, 0.05) is 25.0 Å². The van der Waals surface area contributed by atoms with Crippen molar-refractivity contribution in [2.75, 3.05) is 24.2 Å². The predicted octanol–water partition coefficient (Wildman–Crippen LogP) is 0.757. The van der Waals surface area contributed by atoms with Crippen LogP contribution >= 0.6 is 15.9 Å². The van der Waals surface area contributed by atoms with E-state index in [1.54, 1.807) is 12.4 Å². The lowest BCUT2D eigenvalue weighted by Crippen LogP contribution is -2.39. The maximum absolute atomic E-state index is 11.6. The maximum atomic E-state index is 11.6. The van der Waals surface area contributed by atoms with Crippen LogP contribution in [0.15, 0.2) is 16.9 Å². The average molecular weight is 335 g/mol. The zero-order chi connectivity index (χ0) is 13.2. The number of nitrogens with zero attached hydrogens (tertiary/aromatic N) is 3. The van der Waals surface area contributed by atoms with Crippen molar-refractivity contribution in [2.45, 2.75) is 18.9 Å². The van der Waals surface area contributed by atoms with Gasteiger partial charge in [-0.3, -0.25) is 0 Å². The first-order valence-electron chi connectivity index (χ1n) is 5.67. The fourth-order valence-electron chi connectivity index (χ4n) is 2.06. The lowest BCUT2D eigenvalue weighted by molar-refractivity contribution is 0.577. The first-order valence-corrected chi connectivity index (χ1v) is 8.12. The summed E-state index contributed by atoms with van der Waals surface area (Å²) in [6, 6.07) is -0.0522. The minimum absolute atomic E-state index is 0.0522. The van der Waals surface area contributed by atoms with Crippen LogP contribution < -0.4 is 9.62 Å². The van der Waals surface area contributed by atoms with E-state index in [0.717, 1.165) is 23.9 Å². The molecule has 1 aromatic rings. The van der Waals surface area contributed by atoms with Crippen LogP contribution in [-0.4, -0.2) is 43.8 Å². The van der Waals surface area contributed by atoms with Gasteiger partial charge >= 0.3 is 0 Å². The lowest BCUT2D eigenvalue weighted by Gasteiger charge is -2.24. The minimum atomic E-state index is -3.21. The monoisotopic (exact) mass is 334 g/mol. The number of rotatable bonds is 4. The number of aromatic nitrogens is 2. The predicted molar refractivity (Wildman–Crippen MR) is 72.9 cm³/mol. The normalized spacial score (nSPS) is 20.3. The molecule has 1 aromatic heterocycles. The molecular formula is C10H15BrN4O2S. The largest absolute Gasteiger partial charge is 0.337 e. The highest BCUT2D eigenvalue weighted by Crippen LogP contribution is 2.23. The lowest BCUT2D eigenvalue weighted by atomic mass is 10.2. The number of hydrogen-bond acceptors (Lipinski definition) is 5. The number of nitrogens with one attached hydrogen (secondary N) is 1. The minimum Gasteiger partial charge on any atom is -0.337 e. The zero-order valence-electron chi connectivity index (χ0n) is 10.0. The van der Waals surface area contributed by atoms with Crippen molar-refractivity contribution >= 4 is 31.9 Å². The Morgan fingerprint density at radius 2 is 2.17 bits per heavy atom. The molecule has 6 nitrogen and oxygen atoms in total. The van der Waals surface area contributed by atoms with Crippen LogP contribution in [-0.2, 0) is 10.0 Å². The van der Waals surface area contributed by atoms with Crippen LogP contribution in [0.5, 0.6) is 0 Å². The third-order valence-electron chi connectivity index (χ3n) is 2.96. The summed E-state index contributed by atoms with van der Waals surface area (Å²) in [5, 5.41) is 0. The van der Waals surface area contributed by atoms with Gasteiger partial charge in [0.05, 0.1) is 10.2 Å². The Balaban J connectivity index is 2.15. The van der Waals surface area contributed by atoms with Gasteiger partial charge < -0.3 is 4.90 Å². The number of halogens is 1. The van der Waals surface area contributed by atoms with Crippen molar-refractivity contribution in [1.29, 1.82) is 0 Å². The highest BCUT2D eigenvalue weighted by atomic mass is 79.9. The van der Waals surface area contributed by atoms with E-state index in [2.05, 4.69) is 30.6 Å². The quantitative estimate of drug-likeness (QED) is 0.879. The summed E-state index contributed by atoms with van der Waals surface area (Å²) in [7, 11) is -1.77. The third-order valence-corrected chi connectivity index (χ3v) is 4.82. The van der Waals surface area contributed by atoms with Crippen LogP contribution in [0.2, 0.25) is 0 Å². The van der Waals surface area contributed by atoms with Crippen molar-refractivity contribution < 1.29 is 8.42 Å². The molecule has 0 bridgehead atoms. The van der Waals surface area contributed by atoms with E-state index in [9.17, 15) is 8.42 Å². The van der Waals surface area contributed by atoms with E-state index in [-0.39, 0.29) is 11.8 Å². The molecule has 100 valence electrons. The Morgan fingerprint density at radius 3 is 2.78 bits per heavy atom. The topological polar surface area (TPSA) is 75.2 Å². The van der Waals surface area contributed by atoms with Crippen molar-refractivity contribution in [3.8, 4) is 0 Å². The van der Waals surface area contributed by atoms with Gasteiger partial charge in [-0.1, -0.05) is 0 Å². The van der Waals surface area contributed by atoms with Gasteiger partial charge in [0.1, 0.15) is 0 Å². The van der Waals surface area contributed by atoms with Gasteiger partial charge in [0.25, 0.3) is 0 Å². The molecule has 0 spiro atoms. The SMILES string of the molecule is CNS(=O)(=O)C[C@@H]1CCCN1c1ncc(Br)cn1. The Hall–Kier alpha value is -0.730. The summed E-state index contributed by atoms with van der Waals surface area (Å²) in [5.41, 5.74) is 0. The van der Waals surface area contributed by atoms with Gasteiger partial charge in [0.2, 0.25) is 16.0 Å². The van der Waals surface area contributed by atoms with Crippen molar-refractivity contribution in [1.82, 2.24) is 14.7 Å². The summed E-state index contributed by atoms with van der Waals surface area (Å²) >= 11 is 3.28. The van der Waals surface area contributed by atoms with Gasteiger partial charge in [-0.25, -0.2) is 23.1 Å². The molecule has 18 heavy (non-hydrogen) atoms. The van der Waals surface area contributed by atoms with Crippen molar-refractivity contribution in [3.05, 3.63) is 16.9 Å². The summed E-state index contributed by atoms with van der Waals surface area (Å²) in [6.07, 6.45) is 5.15. The van der Waals surface area contributed by atoms with Crippen LogP contribution in [0.1, 0.15) is 12.8 Å². The Morgan fingerprint density at radius 1 is 1.50 bits per heavy atom. The number of sulfonamides is 1. The van der Waals surface area contributed by atoms with Crippen molar-refractivity contribution in [3.63, 3.8) is 0 Å². The Labute approximate surface area is 115 Å². The first kappa shape index (κ1) is 13.7. The van der Waals surface area contributed by atoms with E-state index in [4.69, 9.17) is 0 Å². The smallest absolute Gasteiger partial charge is 0.225 e. The summed E-state index contributed by atoms with van der Waals surface area (Å²) in [6.45, 7) is 0.797. The summed E-state index contributed by atoms with van der Waals surface area (Å²) in [5.74, 6) is 0.676. The molecule has 0 aromatic carbocycles. The molecule has 1 N–H and O–H groups in total. The number of anilines is 1. The fraction of sp³-hybridized carbons (Fsp3) is 0.600. The highest BCUT2D eigenvalue weighted by molar-refractivity contribution is 9.10. The molecule has 1 atom stereocenters. The molecule has 0 unspecified atom stereocenters. The van der Waals surface area contributed by atoms with Gasteiger partial charge in [-0.15, -0.1) is 0 Å². The molecule has 0 radical (unpaired) electrons. The molecule has 2 heterocycles. The van der Waals surface area contributed by atoms with E-state index >= 15 is 0 Å². The Kier molecular flexibility index (Phi) is 4.18. The second-order valence-corrected chi connectivity index (χ2v) is 7.06. The van der Waals surface area contributed by atoms with E-state index in [0.29, 0.717) is 5.95 Å². The number of hydrogen-bond donors (Lipinski definition) is 1. The third kappa shape index (κ3) is 3.18. The van der Waals surface area contributed by atoms with Gasteiger partial charge in [-0.2, -0.15) is 0 Å². The summed E-state index contributed by atoms with van der Waals surface area (Å²) < 4.78 is 26.4. The molecule has 1 aliphatic heterocycles. The molecule has 2 rings (SSSR count). The molecule has 1 aliphatic rings. The maximum Gasteiger partial charge on any atom is 0.225 e. The van der Waals surface area contributed by atoms with E-state index in [1.807, 2.05) is 4.90 Å². The second kappa shape index (κ2) is 5.50. The van der Waals surface area contributed by atoms with Gasteiger partial charge in [-0.05, 0) is 35.8 Å². The zero-order valence-corrected chi connectivity index (χ0v) is 12.4. The van der Waals surface area contributed by atoms with Crippen LogP contribution in [0.3, 0.4) is 0 Å². The van der Waals surface area contributed by atoms with Crippen molar-refractivity contribution in [2.24, 2.45) is 0 Å². The average Bonchev–Trinajstić information content (AvgIpc) is 2.77. The second-order valence-electron chi connectivity index (χ2n) is 4.18. The van der Waals surface area contributed by atoms with Crippen LogP contribution in [0, 0.1) is 0 Å². The molecule has 0 saturated carbocycles. The molecule has 0 aliphatic carbocycles. The standard InChI is InChI=1S/C10H15BrN4O2S/c1-12-18(16,17)7-9-3-2-4-15(9)10-13-5-8(11)6-14-10/h5-6,9,12H,2-4,7H2,1H3/t9-/m0/s1. The Bertz CT molecular complexity index is 505. The van der Waals surface area contributed by atoms with Crippen LogP contribution in [0.4, 0.5) is 5.95 Å². The molecule has 0 amide bonds. The molecular weight excluding hydrogens is 320 g/mol. The van der Waals surface area contributed by atoms with E-state index < -0.39 is 10.0 Å². The molecule has 1 fully saturated rings. The molecule has 1 saturated heterocycles. The van der Waals surface area contributed by atoms with E-state index in [1.165, 1.54) is 7.05 Å². The summed E-state index contributed by atoms with van der Waals surface area (Å²) in [4.78, 5) is 10.4. The fourth-order valence-corrected chi connectivity index (χ4v) is 3.29. The first-order chi connectivity index (χ1) is 8.52. The highest BCUT2D eigenvalue weighted by Gasteiger charge is 2.30. The molecule has 8 heteroatoms. The van der Waals surface area contributed by atoms with Gasteiger partial charge in [0.15, 0.2) is 0 Å².